The van der Waals surface area contributed by atoms with Gasteiger partial charge in [0.1, 0.15) is 17.6 Å². The lowest BCUT2D eigenvalue weighted by molar-refractivity contribution is -0.132. The van der Waals surface area contributed by atoms with E-state index in [0.717, 1.165) is 27.1 Å². The summed E-state index contributed by atoms with van der Waals surface area (Å²) < 4.78 is 6.68. The molecule has 2 aliphatic heterocycles. The molecule has 8 heteroatoms. The number of thiazole rings is 1. The van der Waals surface area contributed by atoms with Crippen molar-refractivity contribution < 1.29 is 19.4 Å². The maximum Gasteiger partial charge on any atom is 0.301 e. The second kappa shape index (κ2) is 8.02. The summed E-state index contributed by atoms with van der Waals surface area (Å²) in [5.74, 6) is -0.937. The van der Waals surface area contributed by atoms with Gasteiger partial charge in [0, 0.05) is 24.4 Å². The number of aliphatic hydroxyl groups excluding tert-OH is 1. The van der Waals surface area contributed by atoms with E-state index in [1.807, 2.05) is 38.1 Å². The van der Waals surface area contributed by atoms with Crippen molar-refractivity contribution in [2.75, 3.05) is 4.90 Å². The van der Waals surface area contributed by atoms with Crippen LogP contribution in [0.2, 0.25) is 0 Å². The van der Waals surface area contributed by atoms with Crippen molar-refractivity contribution in [2.45, 2.75) is 32.4 Å². The highest BCUT2D eigenvalue weighted by Gasteiger charge is 2.48. The summed E-state index contributed by atoms with van der Waals surface area (Å²) in [4.78, 5) is 37.0. The van der Waals surface area contributed by atoms with Crippen molar-refractivity contribution >= 4 is 44.1 Å². The highest BCUT2D eigenvalue weighted by atomic mass is 32.1. The average Bonchev–Trinajstić information content (AvgIpc) is 3.51. The second-order valence-corrected chi connectivity index (χ2v) is 9.89. The van der Waals surface area contributed by atoms with Crippen molar-refractivity contribution in [3.63, 3.8) is 0 Å². The lowest BCUT2D eigenvalue weighted by atomic mass is 9.95. The minimum Gasteiger partial charge on any atom is -0.507 e. The van der Waals surface area contributed by atoms with Crippen LogP contribution in [0, 0.1) is 6.92 Å². The van der Waals surface area contributed by atoms with Gasteiger partial charge in [-0.1, -0.05) is 23.5 Å². The smallest absolute Gasteiger partial charge is 0.301 e. The van der Waals surface area contributed by atoms with E-state index in [4.69, 9.17) is 4.74 Å². The topological polar surface area (TPSA) is 92.6 Å². The molecular weight excluding hydrogens is 462 g/mol. The number of carbonyl (C=O) groups is 2. The van der Waals surface area contributed by atoms with E-state index in [1.54, 1.807) is 36.7 Å². The van der Waals surface area contributed by atoms with E-state index < -0.39 is 17.7 Å². The standard InChI is InChI=1S/C27H21N3O4S/c1-14-5-7-19-21(10-14)35-27(29-19)30-23(17-4-3-9-28-13-17)22(25(32)26(30)33)24(31)16-6-8-20-18(12-16)11-15(2)34-20/h3-10,12-13,15,23,31H,11H2,1-2H3/b24-22+. The predicted molar refractivity (Wildman–Crippen MR) is 134 cm³/mol. The number of hydrogen-bond acceptors (Lipinski definition) is 7. The molecule has 1 amide bonds. The maximum atomic E-state index is 13.4. The number of ketones is 1. The first-order valence-electron chi connectivity index (χ1n) is 11.3. The number of rotatable bonds is 3. The normalized spacial score (nSPS) is 20.9. The zero-order valence-electron chi connectivity index (χ0n) is 19.1. The number of amides is 1. The Bertz CT molecular complexity index is 1540. The lowest BCUT2D eigenvalue weighted by Gasteiger charge is -2.22. The Balaban J connectivity index is 1.53. The zero-order valence-corrected chi connectivity index (χ0v) is 19.9. The number of aromatic nitrogens is 2. The number of hydrogen-bond donors (Lipinski definition) is 1. The Labute approximate surface area is 205 Å². The van der Waals surface area contributed by atoms with Crippen LogP contribution in [-0.4, -0.2) is 32.9 Å². The number of benzene rings is 2. The molecule has 2 aromatic carbocycles. The van der Waals surface area contributed by atoms with E-state index in [1.165, 1.54) is 16.2 Å². The molecule has 2 aromatic heterocycles. The average molecular weight is 484 g/mol. The minimum atomic E-state index is -0.853. The molecule has 2 atom stereocenters. The van der Waals surface area contributed by atoms with Crippen molar-refractivity contribution in [3.05, 3.63) is 88.8 Å². The van der Waals surface area contributed by atoms with Gasteiger partial charge in [-0.3, -0.25) is 19.5 Å². The van der Waals surface area contributed by atoms with Crippen molar-refractivity contribution in [2.24, 2.45) is 0 Å². The first kappa shape index (κ1) is 21.5. The number of aryl methyl sites for hydroxylation is 1. The van der Waals surface area contributed by atoms with Crippen LogP contribution in [0.5, 0.6) is 5.75 Å². The summed E-state index contributed by atoms with van der Waals surface area (Å²) in [6.07, 6.45) is 3.98. The van der Waals surface area contributed by atoms with Gasteiger partial charge in [0.15, 0.2) is 5.13 Å². The minimum absolute atomic E-state index is 0.0188. The van der Waals surface area contributed by atoms with Gasteiger partial charge in [-0.25, -0.2) is 4.98 Å². The monoisotopic (exact) mass is 483 g/mol. The molecule has 7 nitrogen and oxygen atoms in total. The first-order chi connectivity index (χ1) is 16.9. The summed E-state index contributed by atoms with van der Waals surface area (Å²) in [7, 11) is 0. The fraction of sp³-hybridized carbons (Fsp3) is 0.185. The van der Waals surface area contributed by atoms with Crippen LogP contribution >= 0.6 is 11.3 Å². The van der Waals surface area contributed by atoms with Crippen LogP contribution in [-0.2, 0) is 16.0 Å². The molecule has 1 fully saturated rings. The number of carbonyl (C=O) groups excluding carboxylic acids is 2. The van der Waals surface area contributed by atoms with Crippen LogP contribution in [0.3, 0.4) is 0 Å². The zero-order chi connectivity index (χ0) is 24.3. The van der Waals surface area contributed by atoms with Gasteiger partial charge in [-0.15, -0.1) is 0 Å². The second-order valence-electron chi connectivity index (χ2n) is 8.88. The van der Waals surface area contributed by atoms with Crippen LogP contribution in [0.1, 0.15) is 35.2 Å². The number of pyridine rings is 1. The molecule has 4 aromatic rings. The van der Waals surface area contributed by atoms with E-state index in [0.29, 0.717) is 22.7 Å². The van der Waals surface area contributed by atoms with Crippen molar-refractivity contribution in [3.8, 4) is 5.75 Å². The summed E-state index contributed by atoms with van der Waals surface area (Å²) in [5, 5.41) is 11.8. The molecule has 4 heterocycles. The van der Waals surface area contributed by atoms with E-state index >= 15 is 0 Å². The number of nitrogens with zero attached hydrogens (tertiary/aromatic N) is 3. The van der Waals surface area contributed by atoms with Gasteiger partial charge < -0.3 is 9.84 Å². The molecule has 0 radical (unpaired) electrons. The van der Waals surface area contributed by atoms with Gasteiger partial charge in [0.25, 0.3) is 5.78 Å². The molecule has 1 saturated heterocycles. The third-order valence-electron chi connectivity index (χ3n) is 6.35. The van der Waals surface area contributed by atoms with E-state index in [2.05, 4.69) is 9.97 Å². The van der Waals surface area contributed by atoms with E-state index in [9.17, 15) is 14.7 Å². The summed E-state index contributed by atoms with van der Waals surface area (Å²) in [6.45, 7) is 3.97. The van der Waals surface area contributed by atoms with Crippen LogP contribution in [0.4, 0.5) is 5.13 Å². The first-order valence-corrected chi connectivity index (χ1v) is 12.1. The summed E-state index contributed by atoms with van der Waals surface area (Å²) in [5.41, 5.74) is 3.87. The van der Waals surface area contributed by atoms with Crippen molar-refractivity contribution in [1.29, 1.82) is 0 Å². The summed E-state index contributed by atoms with van der Waals surface area (Å²) in [6, 6.07) is 13.9. The summed E-state index contributed by atoms with van der Waals surface area (Å²) >= 11 is 1.34. The highest BCUT2D eigenvalue weighted by molar-refractivity contribution is 7.22. The molecule has 0 spiro atoms. The van der Waals surface area contributed by atoms with E-state index in [-0.39, 0.29) is 17.4 Å². The van der Waals surface area contributed by atoms with Crippen molar-refractivity contribution in [1.82, 2.24) is 9.97 Å². The molecule has 2 unspecified atom stereocenters. The SMILES string of the molecule is Cc1ccc2nc(N3C(=O)C(=O)/C(=C(/O)c4ccc5c(c4)CC(C)O5)C3c3cccnc3)sc2c1. The largest absolute Gasteiger partial charge is 0.507 e. The Morgan fingerprint density at radius 3 is 2.83 bits per heavy atom. The van der Waals surface area contributed by atoms with Gasteiger partial charge in [-0.05, 0) is 66.9 Å². The molecule has 2 aliphatic rings. The molecule has 0 saturated carbocycles. The Morgan fingerprint density at radius 1 is 1.17 bits per heavy atom. The Kier molecular flexibility index (Phi) is 4.93. The van der Waals surface area contributed by atoms with Crippen LogP contribution < -0.4 is 9.64 Å². The Hall–Kier alpha value is -4.04. The quantitative estimate of drug-likeness (QED) is 0.252. The Morgan fingerprint density at radius 2 is 2.03 bits per heavy atom. The lowest BCUT2D eigenvalue weighted by Crippen LogP contribution is -2.29. The molecule has 35 heavy (non-hydrogen) atoms. The predicted octanol–water partition coefficient (Wildman–Crippen LogP) is 4.95. The fourth-order valence-electron chi connectivity index (χ4n) is 4.73. The third-order valence-corrected chi connectivity index (χ3v) is 7.37. The molecule has 1 N–H and O–H groups in total. The molecule has 0 aliphatic carbocycles. The van der Waals surface area contributed by atoms with Crippen LogP contribution in [0.15, 0.2) is 66.5 Å². The molecule has 0 bridgehead atoms. The molecule has 6 rings (SSSR count). The molecular formula is C27H21N3O4S. The number of aliphatic hydroxyl groups is 1. The highest BCUT2D eigenvalue weighted by Crippen LogP contribution is 2.44. The third kappa shape index (κ3) is 3.49. The fourth-order valence-corrected chi connectivity index (χ4v) is 5.82. The number of ether oxygens (including phenoxy) is 1. The number of anilines is 1. The molecule has 174 valence electrons. The number of Topliss-reactive ketones (excluding diaryl/α,β-unsaturated/α-hetero) is 1. The maximum absolute atomic E-state index is 13.4. The van der Waals surface area contributed by atoms with Crippen LogP contribution in [0.25, 0.3) is 16.0 Å². The van der Waals surface area contributed by atoms with Gasteiger partial charge >= 0.3 is 5.91 Å². The van der Waals surface area contributed by atoms with Gasteiger partial charge in [-0.2, -0.15) is 0 Å². The van der Waals surface area contributed by atoms with Gasteiger partial charge in [0.2, 0.25) is 0 Å². The van der Waals surface area contributed by atoms with Gasteiger partial charge in [0.05, 0.1) is 21.8 Å². The number of fused-ring (bicyclic) bond motifs is 2.